The van der Waals surface area contributed by atoms with Crippen molar-refractivity contribution in [2.75, 3.05) is 18.0 Å². The van der Waals surface area contributed by atoms with E-state index in [1.165, 1.54) is 18.4 Å². The zero-order valence-electron chi connectivity index (χ0n) is 15.1. The molecule has 0 unspecified atom stereocenters. The summed E-state index contributed by atoms with van der Waals surface area (Å²) < 4.78 is 0. The molecule has 1 N–H and O–H groups in total. The lowest BCUT2D eigenvalue weighted by Gasteiger charge is -2.21. The number of aryl methyl sites for hydroxylation is 2. The minimum atomic E-state index is -0.148. The first-order valence-electron chi connectivity index (χ1n) is 9.07. The smallest absolute Gasteiger partial charge is 0.270 e. The van der Waals surface area contributed by atoms with E-state index < -0.39 is 0 Å². The maximum absolute atomic E-state index is 12.6. The van der Waals surface area contributed by atoms with Crippen LogP contribution in [0.4, 0.5) is 5.95 Å². The van der Waals surface area contributed by atoms with Crippen LogP contribution in [0.2, 0.25) is 0 Å². The van der Waals surface area contributed by atoms with Gasteiger partial charge in [-0.3, -0.25) is 4.79 Å². The lowest BCUT2D eigenvalue weighted by Crippen LogP contribution is -2.29. The highest BCUT2D eigenvalue weighted by atomic mass is 16.1. The first kappa shape index (κ1) is 17.4. The van der Waals surface area contributed by atoms with Gasteiger partial charge in [-0.05, 0) is 43.9 Å². The minimum Gasteiger partial charge on any atom is -0.347 e. The Bertz CT molecular complexity index is 736. The quantitative estimate of drug-likeness (QED) is 0.928. The molecule has 1 fully saturated rings. The van der Waals surface area contributed by atoms with Crippen LogP contribution in [0.15, 0.2) is 30.3 Å². The molecule has 0 saturated carbocycles. The van der Waals surface area contributed by atoms with E-state index in [1.807, 2.05) is 38.1 Å². The number of hydrogen-bond donors (Lipinski definition) is 1. The number of carbonyl (C=O) groups excluding carboxylic acids is 1. The van der Waals surface area contributed by atoms with Gasteiger partial charge in [0.25, 0.3) is 5.91 Å². The first-order chi connectivity index (χ1) is 12.1. The van der Waals surface area contributed by atoms with Crippen LogP contribution in [0.3, 0.4) is 0 Å². The van der Waals surface area contributed by atoms with Crippen LogP contribution in [0.5, 0.6) is 0 Å². The van der Waals surface area contributed by atoms with Gasteiger partial charge in [-0.25, -0.2) is 9.97 Å². The molecule has 132 valence electrons. The molecule has 1 saturated heterocycles. The summed E-state index contributed by atoms with van der Waals surface area (Å²) in [6, 6.07) is 9.83. The molecule has 2 aromatic rings. The standard InChI is InChI=1S/C20H26N4O/c1-15-9-5-6-10-17(15)14-21-19(25)18-13-16(2)22-20(23-18)24-11-7-3-4-8-12-24/h5-6,9-10,13H,3-4,7-8,11-12,14H2,1-2H3,(H,21,25). The van der Waals surface area contributed by atoms with Gasteiger partial charge in [-0.1, -0.05) is 37.1 Å². The minimum absolute atomic E-state index is 0.148. The van der Waals surface area contributed by atoms with Crippen molar-refractivity contribution in [3.8, 4) is 0 Å². The molecule has 0 aliphatic carbocycles. The first-order valence-corrected chi connectivity index (χ1v) is 9.07. The molecule has 1 aromatic carbocycles. The van der Waals surface area contributed by atoms with Crippen LogP contribution in [-0.4, -0.2) is 29.0 Å². The molecule has 1 amide bonds. The molecule has 1 aliphatic rings. The number of hydrogen-bond acceptors (Lipinski definition) is 4. The molecule has 0 atom stereocenters. The van der Waals surface area contributed by atoms with Gasteiger partial charge in [-0.2, -0.15) is 0 Å². The largest absolute Gasteiger partial charge is 0.347 e. The van der Waals surface area contributed by atoms with Gasteiger partial charge in [0.1, 0.15) is 5.69 Å². The molecule has 5 heteroatoms. The third-order valence-electron chi connectivity index (χ3n) is 4.66. The number of amides is 1. The Kier molecular flexibility index (Phi) is 5.64. The summed E-state index contributed by atoms with van der Waals surface area (Å²) in [6.07, 6.45) is 4.83. The lowest BCUT2D eigenvalue weighted by atomic mass is 10.1. The van der Waals surface area contributed by atoms with E-state index in [-0.39, 0.29) is 5.91 Å². The van der Waals surface area contributed by atoms with E-state index >= 15 is 0 Å². The molecule has 0 radical (unpaired) electrons. The van der Waals surface area contributed by atoms with Crippen molar-refractivity contribution in [1.82, 2.24) is 15.3 Å². The summed E-state index contributed by atoms with van der Waals surface area (Å²) in [5.74, 6) is 0.535. The predicted molar refractivity (Wildman–Crippen MR) is 99.8 cm³/mol. The van der Waals surface area contributed by atoms with E-state index in [0.717, 1.165) is 37.2 Å². The van der Waals surface area contributed by atoms with Crippen molar-refractivity contribution >= 4 is 11.9 Å². The normalized spacial score (nSPS) is 14.9. The van der Waals surface area contributed by atoms with Gasteiger partial charge in [-0.15, -0.1) is 0 Å². The molecule has 1 aromatic heterocycles. The Morgan fingerprint density at radius 2 is 1.80 bits per heavy atom. The van der Waals surface area contributed by atoms with E-state index in [2.05, 4.69) is 20.2 Å². The second-order valence-electron chi connectivity index (χ2n) is 6.70. The number of anilines is 1. The van der Waals surface area contributed by atoms with Crippen molar-refractivity contribution in [3.05, 3.63) is 52.8 Å². The highest BCUT2D eigenvalue weighted by Gasteiger charge is 2.16. The second kappa shape index (κ2) is 8.10. The van der Waals surface area contributed by atoms with Crippen LogP contribution < -0.4 is 10.2 Å². The van der Waals surface area contributed by atoms with Crippen molar-refractivity contribution in [3.63, 3.8) is 0 Å². The summed E-state index contributed by atoms with van der Waals surface area (Å²) in [5.41, 5.74) is 3.57. The average molecular weight is 338 g/mol. The number of carbonyl (C=O) groups is 1. The van der Waals surface area contributed by atoms with Gasteiger partial charge in [0, 0.05) is 25.3 Å². The summed E-state index contributed by atoms with van der Waals surface area (Å²) >= 11 is 0. The Labute approximate surface area is 149 Å². The van der Waals surface area contributed by atoms with E-state index in [0.29, 0.717) is 18.2 Å². The summed E-state index contributed by atoms with van der Waals surface area (Å²) in [6.45, 7) is 6.41. The second-order valence-corrected chi connectivity index (χ2v) is 6.70. The molecule has 2 heterocycles. The van der Waals surface area contributed by atoms with E-state index in [1.54, 1.807) is 6.07 Å². The predicted octanol–water partition coefficient (Wildman–Crippen LogP) is 3.40. The molecule has 0 bridgehead atoms. The molecule has 3 rings (SSSR count). The fourth-order valence-corrected chi connectivity index (χ4v) is 3.16. The third-order valence-corrected chi connectivity index (χ3v) is 4.66. The van der Waals surface area contributed by atoms with Crippen LogP contribution in [-0.2, 0) is 6.54 Å². The lowest BCUT2D eigenvalue weighted by molar-refractivity contribution is 0.0945. The van der Waals surface area contributed by atoms with Gasteiger partial charge >= 0.3 is 0 Å². The van der Waals surface area contributed by atoms with Gasteiger partial charge in [0.15, 0.2) is 0 Å². The number of nitrogens with one attached hydrogen (secondary N) is 1. The maximum Gasteiger partial charge on any atom is 0.270 e. The Morgan fingerprint density at radius 3 is 2.52 bits per heavy atom. The summed E-state index contributed by atoms with van der Waals surface area (Å²) in [7, 11) is 0. The summed E-state index contributed by atoms with van der Waals surface area (Å²) in [4.78, 5) is 23.9. The average Bonchev–Trinajstić information content (AvgIpc) is 2.89. The number of rotatable bonds is 4. The van der Waals surface area contributed by atoms with Crippen molar-refractivity contribution in [2.24, 2.45) is 0 Å². The third kappa shape index (κ3) is 4.56. The zero-order valence-corrected chi connectivity index (χ0v) is 15.1. The molecule has 25 heavy (non-hydrogen) atoms. The summed E-state index contributed by atoms with van der Waals surface area (Å²) in [5, 5.41) is 2.98. The van der Waals surface area contributed by atoms with Gasteiger partial charge in [0.05, 0.1) is 0 Å². The highest BCUT2D eigenvalue weighted by Crippen LogP contribution is 2.17. The molecule has 1 aliphatic heterocycles. The molecule has 0 spiro atoms. The fraction of sp³-hybridized carbons (Fsp3) is 0.450. The zero-order chi connectivity index (χ0) is 17.6. The van der Waals surface area contributed by atoms with Crippen molar-refractivity contribution in [1.29, 1.82) is 0 Å². The Balaban J connectivity index is 1.72. The van der Waals surface area contributed by atoms with Gasteiger partial charge < -0.3 is 10.2 Å². The monoisotopic (exact) mass is 338 g/mol. The maximum atomic E-state index is 12.6. The van der Waals surface area contributed by atoms with Crippen molar-refractivity contribution < 1.29 is 4.79 Å². The topological polar surface area (TPSA) is 58.1 Å². The molecular weight excluding hydrogens is 312 g/mol. The Hall–Kier alpha value is -2.43. The fourth-order valence-electron chi connectivity index (χ4n) is 3.16. The number of benzene rings is 1. The molecule has 5 nitrogen and oxygen atoms in total. The van der Waals surface area contributed by atoms with Crippen LogP contribution in [0.1, 0.15) is 53.0 Å². The van der Waals surface area contributed by atoms with E-state index in [9.17, 15) is 4.79 Å². The highest BCUT2D eigenvalue weighted by molar-refractivity contribution is 5.92. The van der Waals surface area contributed by atoms with Crippen LogP contribution in [0, 0.1) is 13.8 Å². The SMILES string of the molecule is Cc1cc(C(=O)NCc2ccccc2C)nc(N2CCCCCC2)n1. The van der Waals surface area contributed by atoms with Crippen molar-refractivity contribution in [2.45, 2.75) is 46.1 Å². The number of nitrogens with zero attached hydrogens (tertiary/aromatic N) is 3. The number of aromatic nitrogens is 2. The van der Waals surface area contributed by atoms with Crippen LogP contribution in [0.25, 0.3) is 0 Å². The van der Waals surface area contributed by atoms with Gasteiger partial charge in [0.2, 0.25) is 5.95 Å². The Morgan fingerprint density at radius 1 is 1.08 bits per heavy atom. The molecular formula is C20H26N4O. The van der Waals surface area contributed by atoms with E-state index in [4.69, 9.17) is 0 Å². The van der Waals surface area contributed by atoms with Crippen LogP contribution >= 0.6 is 0 Å².